The Morgan fingerprint density at radius 1 is 1.14 bits per heavy atom. The van der Waals surface area contributed by atoms with Crippen molar-refractivity contribution in [1.82, 2.24) is 4.90 Å². The molecule has 0 spiro atoms. The van der Waals surface area contributed by atoms with Gasteiger partial charge in [-0.1, -0.05) is 12.1 Å². The Hall–Kier alpha value is -3.18. The number of carbonyl (C=O) groups excluding carboxylic acids is 2. The van der Waals surface area contributed by atoms with E-state index in [4.69, 9.17) is 14.7 Å². The molecule has 0 radical (unpaired) electrons. The minimum Gasteiger partial charge on any atom is -0.482 e. The minimum absolute atomic E-state index is 0.266. The molecule has 0 saturated carbocycles. The molecule has 4 rings (SSSR count). The first-order valence-corrected chi connectivity index (χ1v) is 10.3. The monoisotopic (exact) mass is 409 g/mol. The summed E-state index contributed by atoms with van der Waals surface area (Å²) in [7, 11) is 0. The normalized spacial score (nSPS) is 22.6. The average Bonchev–Trinajstić information content (AvgIpc) is 3.23. The molecule has 0 bridgehead atoms. The summed E-state index contributed by atoms with van der Waals surface area (Å²) in [5, 5.41) is 11.7. The number of rotatable bonds is 3. The number of hydrogen-bond acceptors (Lipinski definition) is 6. The zero-order valence-electron chi connectivity index (χ0n) is 15.7. The number of nitrogens with zero attached hydrogens (tertiary/aromatic N) is 2. The number of anilines is 1. The zero-order chi connectivity index (χ0) is 20.4. The van der Waals surface area contributed by atoms with Crippen LogP contribution in [-0.2, 0) is 9.59 Å². The molecular formula is C21H19N3O4S. The van der Waals surface area contributed by atoms with Crippen LogP contribution in [0, 0.1) is 11.3 Å². The molecule has 2 aliphatic rings. The molecule has 1 N–H and O–H groups in total. The number of benzene rings is 2. The third-order valence-electron chi connectivity index (χ3n) is 4.84. The number of nitriles is 1. The van der Waals surface area contributed by atoms with Crippen molar-refractivity contribution in [1.29, 1.82) is 5.26 Å². The van der Waals surface area contributed by atoms with Gasteiger partial charge in [0, 0.05) is 11.4 Å². The highest BCUT2D eigenvalue weighted by molar-refractivity contribution is 7.99. The summed E-state index contributed by atoms with van der Waals surface area (Å²) in [5.74, 6) is 1.52. The minimum atomic E-state index is -0.811. The number of carbonyl (C=O) groups is 2. The molecule has 148 valence electrons. The lowest BCUT2D eigenvalue weighted by molar-refractivity contribution is -0.147. The van der Waals surface area contributed by atoms with Gasteiger partial charge in [0.1, 0.15) is 12.1 Å². The Bertz CT molecular complexity index is 973. The Kier molecular flexibility index (Phi) is 5.32. The quantitative estimate of drug-likeness (QED) is 0.838. The Balaban J connectivity index is 1.46. The van der Waals surface area contributed by atoms with Crippen molar-refractivity contribution >= 4 is 29.3 Å². The lowest BCUT2D eigenvalue weighted by Crippen LogP contribution is -2.54. The first-order chi connectivity index (χ1) is 14.1. The van der Waals surface area contributed by atoms with Gasteiger partial charge in [0.2, 0.25) is 12.0 Å². The van der Waals surface area contributed by atoms with E-state index in [9.17, 15) is 9.59 Å². The summed E-state index contributed by atoms with van der Waals surface area (Å²) in [5.41, 5.74) is 1.10. The summed E-state index contributed by atoms with van der Waals surface area (Å²) >= 11 is 1.52. The summed E-state index contributed by atoms with van der Waals surface area (Å²) in [6.07, 6.45) is -1.28. The van der Waals surface area contributed by atoms with Crippen LogP contribution in [0.3, 0.4) is 0 Å². The summed E-state index contributed by atoms with van der Waals surface area (Å²) in [4.78, 5) is 27.5. The van der Waals surface area contributed by atoms with Crippen molar-refractivity contribution in [2.24, 2.45) is 0 Å². The van der Waals surface area contributed by atoms with Crippen LogP contribution in [0.4, 0.5) is 5.69 Å². The molecule has 2 aromatic carbocycles. The highest BCUT2D eigenvalue weighted by Gasteiger charge is 2.42. The van der Waals surface area contributed by atoms with Crippen LogP contribution < -0.4 is 14.8 Å². The van der Waals surface area contributed by atoms with Crippen LogP contribution in [0.1, 0.15) is 12.5 Å². The van der Waals surface area contributed by atoms with E-state index in [0.29, 0.717) is 34.4 Å². The van der Waals surface area contributed by atoms with E-state index in [1.807, 2.05) is 18.2 Å². The third-order valence-corrected chi connectivity index (χ3v) is 5.85. The smallest absolute Gasteiger partial charge is 0.268 e. The van der Waals surface area contributed by atoms with Crippen LogP contribution >= 0.6 is 11.8 Å². The first-order valence-electron chi connectivity index (χ1n) is 9.18. The van der Waals surface area contributed by atoms with Gasteiger partial charge in [-0.3, -0.25) is 9.59 Å². The zero-order valence-corrected chi connectivity index (χ0v) is 16.5. The van der Waals surface area contributed by atoms with Crippen molar-refractivity contribution in [2.45, 2.75) is 25.2 Å². The van der Waals surface area contributed by atoms with Gasteiger partial charge < -0.3 is 19.7 Å². The standard InChI is InChI=1S/C21H19N3O4S/c1-13-19(28-18-5-3-2-4-17(18)27-13)21(26)24-12-29-11-16(24)20(25)23-15-8-6-14(10-22)7-9-15/h2-9,13,16,19H,11-12H2,1H3,(H,23,25). The topological polar surface area (TPSA) is 91.7 Å². The van der Waals surface area contributed by atoms with Gasteiger partial charge in [0.25, 0.3) is 5.91 Å². The van der Waals surface area contributed by atoms with E-state index < -0.39 is 18.2 Å². The summed E-state index contributed by atoms with van der Waals surface area (Å²) in [6, 6.07) is 15.3. The van der Waals surface area contributed by atoms with Crippen LogP contribution in [0.25, 0.3) is 0 Å². The molecule has 2 heterocycles. The molecule has 3 unspecified atom stereocenters. The second kappa shape index (κ2) is 8.05. The average molecular weight is 409 g/mol. The fraction of sp³-hybridized carbons (Fsp3) is 0.286. The summed E-state index contributed by atoms with van der Waals surface area (Å²) < 4.78 is 11.7. The molecule has 0 aromatic heterocycles. The van der Waals surface area contributed by atoms with Crippen LogP contribution in [0.15, 0.2) is 48.5 Å². The van der Waals surface area contributed by atoms with E-state index in [1.54, 1.807) is 48.2 Å². The number of thioether (sulfide) groups is 1. The highest BCUT2D eigenvalue weighted by atomic mass is 32.2. The SMILES string of the molecule is CC1Oc2ccccc2OC1C(=O)N1CSCC1C(=O)Nc1ccc(C#N)cc1. The molecule has 2 aromatic rings. The van der Waals surface area contributed by atoms with Gasteiger partial charge in [0.05, 0.1) is 17.5 Å². The van der Waals surface area contributed by atoms with E-state index in [0.717, 1.165) is 0 Å². The van der Waals surface area contributed by atoms with Gasteiger partial charge in [-0.05, 0) is 43.3 Å². The maximum absolute atomic E-state index is 13.2. The first kappa shape index (κ1) is 19.2. The van der Waals surface area contributed by atoms with Gasteiger partial charge in [-0.15, -0.1) is 11.8 Å². The van der Waals surface area contributed by atoms with Crippen molar-refractivity contribution in [2.75, 3.05) is 16.9 Å². The Labute approximate surface area is 172 Å². The molecule has 1 saturated heterocycles. The van der Waals surface area contributed by atoms with Crippen LogP contribution in [0.5, 0.6) is 11.5 Å². The molecule has 1 fully saturated rings. The molecule has 2 amide bonds. The number of nitrogens with one attached hydrogen (secondary N) is 1. The Morgan fingerprint density at radius 3 is 2.52 bits per heavy atom. The Morgan fingerprint density at radius 2 is 1.83 bits per heavy atom. The third kappa shape index (κ3) is 3.87. The van der Waals surface area contributed by atoms with Gasteiger partial charge >= 0.3 is 0 Å². The maximum atomic E-state index is 13.2. The molecule has 3 atom stereocenters. The second-order valence-corrected chi connectivity index (χ2v) is 7.81. The molecule has 29 heavy (non-hydrogen) atoms. The van der Waals surface area contributed by atoms with E-state index in [1.165, 1.54) is 11.8 Å². The fourth-order valence-corrected chi connectivity index (χ4v) is 4.45. The maximum Gasteiger partial charge on any atom is 0.268 e. The van der Waals surface area contributed by atoms with Crippen molar-refractivity contribution in [3.63, 3.8) is 0 Å². The number of hydrogen-bond donors (Lipinski definition) is 1. The van der Waals surface area contributed by atoms with Crippen molar-refractivity contribution < 1.29 is 19.1 Å². The molecule has 0 aliphatic carbocycles. The largest absolute Gasteiger partial charge is 0.482 e. The lowest BCUT2D eigenvalue weighted by atomic mass is 10.1. The number of ether oxygens (including phenoxy) is 2. The number of para-hydroxylation sites is 2. The predicted molar refractivity (Wildman–Crippen MR) is 109 cm³/mol. The van der Waals surface area contributed by atoms with Crippen molar-refractivity contribution in [3.8, 4) is 17.6 Å². The van der Waals surface area contributed by atoms with E-state index >= 15 is 0 Å². The van der Waals surface area contributed by atoms with Crippen molar-refractivity contribution in [3.05, 3.63) is 54.1 Å². The predicted octanol–water partition coefficient (Wildman–Crippen LogP) is 2.63. The van der Waals surface area contributed by atoms with E-state index in [2.05, 4.69) is 5.32 Å². The van der Waals surface area contributed by atoms with Gasteiger partial charge in [-0.2, -0.15) is 5.26 Å². The second-order valence-electron chi connectivity index (χ2n) is 6.81. The number of amides is 2. The van der Waals surface area contributed by atoms with Crippen LogP contribution in [-0.4, -0.2) is 46.6 Å². The fourth-order valence-electron chi connectivity index (χ4n) is 3.28. The molecule has 2 aliphatic heterocycles. The van der Waals surface area contributed by atoms with Gasteiger partial charge in [-0.25, -0.2) is 0 Å². The lowest BCUT2D eigenvalue weighted by Gasteiger charge is -2.34. The van der Waals surface area contributed by atoms with E-state index in [-0.39, 0.29) is 11.8 Å². The molecular weight excluding hydrogens is 390 g/mol. The number of fused-ring (bicyclic) bond motifs is 1. The molecule has 8 heteroatoms. The van der Waals surface area contributed by atoms with Crippen LogP contribution in [0.2, 0.25) is 0 Å². The molecule has 7 nitrogen and oxygen atoms in total. The summed E-state index contributed by atoms with van der Waals surface area (Å²) in [6.45, 7) is 1.79. The highest BCUT2D eigenvalue weighted by Crippen LogP contribution is 2.35. The van der Waals surface area contributed by atoms with Gasteiger partial charge in [0.15, 0.2) is 11.5 Å².